The second kappa shape index (κ2) is 9.46. The first-order valence-electron chi connectivity index (χ1n) is 9.12. The molecule has 0 aliphatic heterocycles. The molecule has 0 aliphatic carbocycles. The monoisotopic (exact) mass is 407 g/mol. The van der Waals surface area contributed by atoms with E-state index in [1.54, 1.807) is 24.3 Å². The van der Waals surface area contributed by atoms with Crippen LogP contribution in [0.1, 0.15) is 28.7 Å². The first-order chi connectivity index (χ1) is 14.4. The van der Waals surface area contributed by atoms with Gasteiger partial charge in [0.1, 0.15) is 5.75 Å². The molecule has 0 saturated carbocycles. The SMILES string of the molecule is CC(=O)c1cccc(OCC(=O)OCc2nc(N)nc(Nc3ccc(C)cc3)n2)c1. The van der Waals surface area contributed by atoms with Crippen molar-refractivity contribution >= 4 is 29.3 Å². The third-order valence-electron chi connectivity index (χ3n) is 3.97. The van der Waals surface area contributed by atoms with E-state index >= 15 is 0 Å². The van der Waals surface area contributed by atoms with Crippen LogP contribution in [0.15, 0.2) is 48.5 Å². The molecule has 9 nitrogen and oxygen atoms in total. The number of aryl methyl sites for hydroxylation is 1. The van der Waals surface area contributed by atoms with Gasteiger partial charge < -0.3 is 20.5 Å². The summed E-state index contributed by atoms with van der Waals surface area (Å²) in [5.74, 6) is 0.135. The topological polar surface area (TPSA) is 129 Å². The lowest BCUT2D eigenvalue weighted by atomic mass is 10.1. The van der Waals surface area contributed by atoms with E-state index < -0.39 is 5.97 Å². The van der Waals surface area contributed by atoms with Gasteiger partial charge in [-0.2, -0.15) is 15.0 Å². The van der Waals surface area contributed by atoms with Crippen molar-refractivity contribution in [2.24, 2.45) is 0 Å². The Bertz CT molecular complexity index is 1050. The number of hydrogen-bond donors (Lipinski definition) is 2. The fourth-order valence-corrected chi connectivity index (χ4v) is 2.46. The first-order valence-corrected chi connectivity index (χ1v) is 9.12. The van der Waals surface area contributed by atoms with Crippen molar-refractivity contribution in [2.75, 3.05) is 17.7 Å². The summed E-state index contributed by atoms with van der Waals surface area (Å²) in [7, 11) is 0. The van der Waals surface area contributed by atoms with Crippen molar-refractivity contribution in [3.05, 3.63) is 65.5 Å². The number of hydrogen-bond acceptors (Lipinski definition) is 9. The summed E-state index contributed by atoms with van der Waals surface area (Å²) >= 11 is 0. The molecule has 0 amide bonds. The van der Waals surface area contributed by atoms with E-state index in [9.17, 15) is 9.59 Å². The molecule has 1 aromatic heterocycles. The van der Waals surface area contributed by atoms with Crippen LogP contribution >= 0.6 is 0 Å². The van der Waals surface area contributed by atoms with E-state index in [1.165, 1.54) is 6.92 Å². The predicted molar refractivity (Wildman–Crippen MR) is 110 cm³/mol. The maximum atomic E-state index is 12.0. The number of anilines is 3. The number of nitrogens with zero attached hydrogens (tertiary/aromatic N) is 3. The zero-order valence-electron chi connectivity index (χ0n) is 16.6. The van der Waals surface area contributed by atoms with Gasteiger partial charge in [-0.05, 0) is 38.1 Å². The second-order valence-electron chi connectivity index (χ2n) is 6.46. The number of aromatic nitrogens is 3. The van der Waals surface area contributed by atoms with Crippen LogP contribution in [0.25, 0.3) is 0 Å². The van der Waals surface area contributed by atoms with Gasteiger partial charge in [0, 0.05) is 11.3 Å². The van der Waals surface area contributed by atoms with Gasteiger partial charge in [-0.15, -0.1) is 0 Å². The van der Waals surface area contributed by atoms with E-state index in [2.05, 4.69) is 20.3 Å². The van der Waals surface area contributed by atoms with Gasteiger partial charge in [-0.1, -0.05) is 29.8 Å². The molecule has 30 heavy (non-hydrogen) atoms. The van der Waals surface area contributed by atoms with Crippen LogP contribution in [0.4, 0.5) is 17.6 Å². The Morgan fingerprint density at radius 1 is 1.07 bits per heavy atom. The lowest BCUT2D eigenvalue weighted by Gasteiger charge is -2.09. The average molecular weight is 407 g/mol. The Balaban J connectivity index is 1.55. The number of nitrogen functional groups attached to an aromatic ring is 1. The van der Waals surface area contributed by atoms with Crippen LogP contribution in [-0.4, -0.2) is 33.3 Å². The number of carbonyl (C=O) groups is 2. The molecule has 0 bridgehead atoms. The van der Waals surface area contributed by atoms with E-state index in [0.717, 1.165) is 11.3 Å². The molecule has 0 atom stereocenters. The highest BCUT2D eigenvalue weighted by Crippen LogP contribution is 2.15. The molecule has 3 rings (SSSR count). The van der Waals surface area contributed by atoms with Gasteiger partial charge in [0.15, 0.2) is 24.8 Å². The van der Waals surface area contributed by atoms with Crippen LogP contribution in [0.5, 0.6) is 5.75 Å². The van der Waals surface area contributed by atoms with Gasteiger partial charge in [0.2, 0.25) is 11.9 Å². The van der Waals surface area contributed by atoms with E-state index in [-0.39, 0.29) is 36.7 Å². The molecule has 0 fully saturated rings. The standard InChI is InChI=1S/C21H21N5O4/c1-13-6-8-16(9-7-13)23-21-25-18(24-20(22)26-21)11-30-19(28)12-29-17-5-3-4-15(10-17)14(2)27/h3-10H,11-12H2,1-2H3,(H3,22,23,24,25,26). The number of ketones is 1. The molecule has 0 aliphatic rings. The molecule has 0 saturated heterocycles. The second-order valence-corrected chi connectivity index (χ2v) is 6.46. The fourth-order valence-electron chi connectivity index (χ4n) is 2.46. The summed E-state index contributed by atoms with van der Waals surface area (Å²) in [6.45, 7) is 2.93. The maximum absolute atomic E-state index is 12.0. The van der Waals surface area contributed by atoms with Crippen molar-refractivity contribution in [2.45, 2.75) is 20.5 Å². The Kier molecular flexibility index (Phi) is 6.53. The lowest BCUT2D eigenvalue weighted by Crippen LogP contribution is -2.16. The van der Waals surface area contributed by atoms with Crippen molar-refractivity contribution in [3.8, 4) is 5.75 Å². The Morgan fingerprint density at radius 3 is 2.57 bits per heavy atom. The number of ether oxygens (including phenoxy) is 2. The van der Waals surface area contributed by atoms with Crippen LogP contribution in [0.2, 0.25) is 0 Å². The number of esters is 1. The number of nitrogens with two attached hydrogens (primary N) is 1. The zero-order chi connectivity index (χ0) is 21.5. The van der Waals surface area contributed by atoms with E-state index in [4.69, 9.17) is 15.2 Å². The molecule has 154 valence electrons. The number of Topliss-reactive ketones (excluding diaryl/α,β-unsaturated/α-hetero) is 1. The van der Waals surface area contributed by atoms with Gasteiger partial charge in [0.25, 0.3) is 0 Å². The smallest absolute Gasteiger partial charge is 0.344 e. The summed E-state index contributed by atoms with van der Waals surface area (Å²) in [6.07, 6.45) is 0. The van der Waals surface area contributed by atoms with Gasteiger partial charge in [-0.25, -0.2) is 4.79 Å². The van der Waals surface area contributed by atoms with Gasteiger partial charge in [0.05, 0.1) is 0 Å². The average Bonchev–Trinajstić information content (AvgIpc) is 2.72. The number of rotatable bonds is 8. The minimum absolute atomic E-state index is 0.00274. The van der Waals surface area contributed by atoms with Crippen LogP contribution in [-0.2, 0) is 16.1 Å². The Labute approximate surface area is 173 Å². The molecule has 9 heteroatoms. The van der Waals surface area contributed by atoms with Crippen molar-refractivity contribution in [3.63, 3.8) is 0 Å². The largest absolute Gasteiger partial charge is 0.482 e. The quantitative estimate of drug-likeness (QED) is 0.427. The maximum Gasteiger partial charge on any atom is 0.344 e. The Hall–Kier alpha value is -4.01. The fraction of sp³-hybridized carbons (Fsp3) is 0.190. The molecule has 0 unspecified atom stereocenters. The summed E-state index contributed by atoms with van der Waals surface area (Å²) < 4.78 is 10.5. The summed E-state index contributed by atoms with van der Waals surface area (Å²) in [4.78, 5) is 35.6. The van der Waals surface area contributed by atoms with Crippen LogP contribution in [0.3, 0.4) is 0 Å². The normalized spacial score (nSPS) is 10.3. The first kappa shape index (κ1) is 20.7. The predicted octanol–water partition coefficient (Wildman–Crippen LogP) is 2.83. The number of carbonyl (C=O) groups excluding carboxylic acids is 2. The van der Waals surface area contributed by atoms with Gasteiger partial charge >= 0.3 is 5.97 Å². The van der Waals surface area contributed by atoms with E-state index in [0.29, 0.717) is 11.3 Å². The van der Waals surface area contributed by atoms with Crippen molar-refractivity contribution in [1.29, 1.82) is 0 Å². The molecular weight excluding hydrogens is 386 g/mol. The number of nitrogens with one attached hydrogen (secondary N) is 1. The third-order valence-corrected chi connectivity index (χ3v) is 3.97. The highest BCUT2D eigenvalue weighted by atomic mass is 16.6. The summed E-state index contributed by atoms with van der Waals surface area (Å²) in [6, 6.07) is 14.2. The minimum atomic E-state index is -0.616. The zero-order valence-corrected chi connectivity index (χ0v) is 16.6. The van der Waals surface area contributed by atoms with Crippen LogP contribution < -0.4 is 15.8 Å². The highest BCUT2D eigenvalue weighted by molar-refractivity contribution is 5.94. The van der Waals surface area contributed by atoms with Crippen molar-refractivity contribution < 1.29 is 19.1 Å². The summed E-state index contributed by atoms with van der Waals surface area (Å²) in [5.41, 5.74) is 8.13. The molecule has 0 radical (unpaired) electrons. The van der Waals surface area contributed by atoms with E-state index in [1.807, 2.05) is 31.2 Å². The molecule has 3 aromatic rings. The Morgan fingerprint density at radius 2 is 1.83 bits per heavy atom. The highest BCUT2D eigenvalue weighted by Gasteiger charge is 2.10. The lowest BCUT2D eigenvalue weighted by molar-refractivity contribution is -0.147. The molecule has 3 N–H and O–H groups in total. The van der Waals surface area contributed by atoms with Gasteiger partial charge in [-0.3, -0.25) is 4.79 Å². The van der Waals surface area contributed by atoms with Crippen molar-refractivity contribution in [1.82, 2.24) is 15.0 Å². The molecule has 1 heterocycles. The molecule has 2 aromatic carbocycles. The third kappa shape index (κ3) is 5.99. The summed E-state index contributed by atoms with van der Waals surface area (Å²) in [5, 5.41) is 3.03. The number of benzene rings is 2. The minimum Gasteiger partial charge on any atom is -0.482 e. The van der Waals surface area contributed by atoms with Crippen LogP contribution in [0, 0.1) is 6.92 Å². The molecular formula is C21H21N5O4. The molecule has 0 spiro atoms.